The minimum absolute atomic E-state index is 0. The molecule has 0 bridgehead atoms. The molecule has 0 heterocycles. The molecule has 0 aliphatic heterocycles. The molecule has 4 rings (SSSR count). The van der Waals surface area contributed by atoms with E-state index in [0.717, 1.165) is 12.1 Å². The van der Waals surface area contributed by atoms with E-state index < -0.39 is 52.8 Å². The molecule has 0 atom stereocenters. The zero-order valence-electron chi connectivity index (χ0n) is 16.9. The predicted molar refractivity (Wildman–Crippen MR) is 112 cm³/mol. The third-order valence-corrected chi connectivity index (χ3v) is 6.69. The number of hydrogen-bond acceptors (Lipinski definition) is 9. The fraction of sp³-hybridized carbons (Fsp3) is 0. The number of nitrogen functional groups attached to an aromatic ring is 1. The summed E-state index contributed by atoms with van der Waals surface area (Å²) in [6.07, 6.45) is 0. The van der Waals surface area contributed by atoms with Crippen LogP contribution in [0.4, 0.5) is 17.1 Å². The summed E-state index contributed by atoms with van der Waals surface area (Å²) in [5.41, 5.74) is 3.87. The molecule has 0 spiro atoms. The second-order valence-electron chi connectivity index (χ2n) is 6.84. The summed E-state index contributed by atoms with van der Waals surface area (Å²) in [5.74, 6) is -1.44. The fourth-order valence-corrected chi connectivity index (χ4v) is 4.82. The van der Waals surface area contributed by atoms with Gasteiger partial charge in [-0.05, 0) is 18.2 Å². The van der Waals surface area contributed by atoms with Crippen molar-refractivity contribution in [3.63, 3.8) is 0 Å². The first-order valence-corrected chi connectivity index (χ1v) is 11.7. The van der Waals surface area contributed by atoms with Gasteiger partial charge in [0.15, 0.2) is 11.6 Å². The van der Waals surface area contributed by atoms with E-state index >= 15 is 0 Å². The van der Waals surface area contributed by atoms with Crippen LogP contribution in [0.25, 0.3) is 0 Å². The molecule has 10 nitrogen and oxygen atoms in total. The van der Waals surface area contributed by atoms with Crippen molar-refractivity contribution in [2.75, 3.05) is 11.1 Å². The summed E-state index contributed by atoms with van der Waals surface area (Å²) in [6, 6.07) is 11.5. The Morgan fingerprint density at radius 3 is 1.85 bits per heavy atom. The van der Waals surface area contributed by atoms with Gasteiger partial charge in [-0.2, -0.15) is 8.42 Å². The number of para-hydroxylation sites is 1. The standard InChI is InChI=1S/C20H14N2O8S2.Na/c21-18-15(32(28,29)30)9-13(22-12-7-3-4-8-14(12)31(25,26)27)16-17(18)20(24)11-6-2-1-5-10(11)19(16)23;/h1-9,22H,21H2,(H,25,26,27)(H,28,29,30);/q;+1/p-1. The molecule has 13 heteroatoms. The van der Waals surface area contributed by atoms with E-state index in [1.54, 1.807) is 0 Å². The van der Waals surface area contributed by atoms with Crippen molar-refractivity contribution in [2.45, 2.75) is 9.79 Å². The van der Waals surface area contributed by atoms with Crippen LogP contribution in [0.5, 0.6) is 0 Å². The van der Waals surface area contributed by atoms with E-state index in [1.807, 2.05) is 0 Å². The third kappa shape index (κ3) is 4.34. The predicted octanol–water partition coefficient (Wildman–Crippen LogP) is -1.06. The SMILES string of the molecule is Nc1c(S(=O)(=O)O)cc(Nc2ccccc2S(=O)(=O)[O-])c2c1C(=O)c1ccccc1C2=O.[Na+]. The fourth-order valence-electron chi connectivity index (χ4n) is 3.54. The molecule has 33 heavy (non-hydrogen) atoms. The number of ketones is 2. The Bertz CT molecular complexity index is 1550. The summed E-state index contributed by atoms with van der Waals surface area (Å²) in [6.45, 7) is 0. The average molecular weight is 496 g/mol. The smallest absolute Gasteiger partial charge is 0.744 e. The first-order chi connectivity index (χ1) is 14.9. The quantitative estimate of drug-likeness (QED) is 0.179. The van der Waals surface area contributed by atoms with Gasteiger partial charge in [0.05, 0.1) is 33.1 Å². The molecule has 1 aliphatic rings. The summed E-state index contributed by atoms with van der Waals surface area (Å²) >= 11 is 0. The number of rotatable bonds is 4. The number of benzene rings is 3. The van der Waals surface area contributed by atoms with Gasteiger partial charge < -0.3 is 15.6 Å². The molecule has 0 unspecified atom stereocenters. The van der Waals surface area contributed by atoms with Gasteiger partial charge in [-0.15, -0.1) is 0 Å². The van der Waals surface area contributed by atoms with E-state index in [4.69, 9.17) is 5.73 Å². The van der Waals surface area contributed by atoms with Gasteiger partial charge in [-0.3, -0.25) is 14.1 Å². The van der Waals surface area contributed by atoms with Crippen LogP contribution in [0, 0.1) is 0 Å². The summed E-state index contributed by atoms with van der Waals surface area (Å²) < 4.78 is 68.3. The van der Waals surface area contributed by atoms with Gasteiger partial charge in [0.25, 0.3) is 10.1 Å². The van der Waals surface area contributed by atoms with E-state index in [-0.39, 0.29) is 57.6 Å². The van der Waals surface area contributed by atoms with Crippen molar-refractivity contribution in [2.24, 2.45) is 0 Å². The van der Waals surface area contributed by atoms with Crippen LogP contribution in [-0.2, 0) is 20.2 Å². The Balaban J connectivity index is 0.00000306. The summed E-state index contributed by atoms with van der Waals surface area (Å²) in [5, 5.41) is 2.55. The molecule has 164 valence electrons. The van der Waals surface area contributed by atoms with Crippen LogP contribution in [0.3, 0.4) is 0 Å². The zero-order chi connectivity index (χ0) is 23.4. The van der Waals surface area contributed by atoms with Crippen molar-refractivity contribution in [3.05, 3.63) is 76.9 Å². The van der Waals surface area contributed by atoms with Gasteiger partial charge in [0, 0.05) is 11.1 Å². The number of carbonyl (C=O) groups is 2. The first-order valence-electron chi connectivity index (χ1n) is 8.85. The molecule has 3 aromatic rings. The van der Waals surface area contributed by atoms with E-state index in [2.05, 4.69) is 5.32 Å². The van der Waals surface area contributed by atoms with Crippen molar-refractivity contribution in [3.8, 4) is 0 Å². The van der Waals surface area contributed by atoms with Crippen molar-refractivity contribution in [1.82, 2.24) is 0 Å². The Labute approximate surface area is 210 Å². The summed E-state index contributed by atoms with van der Waals surface area (Å²) in [4.78, 5) is 24.8. The average Bonchev–Trinajstić information content (AvgIpc) is 2.71. The number of nitrogens with two attached hydrogens (primary N) is 1. The molecule has 3 aromatic carbocycles. The normalized spacial score (nSPS) is 13.0. The van der Waals surface area contributed by atoms with Crippen molar-refractivity contribution >= 4 is 48.9 Å². The topological polar surface area (TPSA) is 184 Å². The Hall–Kier alpha value is -2.58. The maximum atomic E-state index is 13.2. The second-order valence-corrected chi connectivity index (χ2v) is 9.58. The van der Waals surface area contributed by atoms with Crippen LogP contribution in [-0.4, -0.2) is 37.5 Å². The maximum Gasteiger partial charge on any atom is 1.00 e. The van der Waals surface area contributed by atoms with Crippen molar-refractivity contribution < 1.29 is 65.1 Å². The number of fused-ring (bicyclic) bond motifs is 2. The van der Waals surface area contributed by atoms with E-state index in [9.17, 15) is 35.5 Å². The van der Waals surface area contributed by atoms with Gasteiger partial charge in [0.2, 0.25) is 0 Å². The third-order valence-electron chi connectivity index (χ3n) is 4.90. The molecule has 0 saturated carbocycles. The van der Waals surface area contributed by atoms with Gasteiger partial charge in [-0.1, -0.05) is 36.4 Å². The van der Waals surface area contributed by atoms with Crippen LogP contribution < -0.4 is 40.6 Å². The summed E-state index contributed by atoms with van der Waals surface area (Å²) in [7, 11) is -9.90. The molecule has 0 radical (unpaired) electrons. The Morgan fingerprint density at radius 2 is 1.30 bits per heavy atom. The molecule has 0 saturated heterocycles. The number of nitrogens with one attached hydrogen (secondary N) is 1. The monoisotopic (exact) mass is 496 g/mol. The minimum atomic E-state index is -4.95. The second kappa shape index (κ2) is 8.65. The van der Waals surface area contributed by atoms with Crippen LogP contribution in [0.1, 0.15) is 31.8 Å². The van der Waals surface area contributed by atoms with E-state index in [1.165, 1.54) is 42.5 Å². The Kier molecular flexibility index (Phi) is 6.56. The Morgan fingerprint density at radius 1 is 0.788 bits per heavy atom. The zero-order valence-corrected chi connectivity index (χ0v) is 20.5. The van der Waals surface area contributed by atoms with Crippen LogP contribution >= 0.6 is 0 Å². The molecular formula is C20H13N2NaO8S2. The van der Waals surface area contributed by atoms with E-state index in [0.29, 0.717) is 0 Å². The molecule has 0 aromatic heterocycles. The van der Waals surface area contributed by atoms with Gasteiger partial charge in [0.1, 0.15) is 15.0 Å². The maximum absolute atomic E-state index is 13.2. The molecule has 0 amide bonds. The number of anilines is 3. The number of carbonyl (C=O) groups excluding carboxylic acids is 2. The van der Waals surface area contributed by atoms with Gasteiger partial charge in [-0.25, -0.2) is 8.42 Å². The minimum Gasteiger partial charge on any atom is -0.744 e. The van der Waals surface area contributed by atoms with Crippen LogP contribution in [0.2, 0.25) is 0 Å². The first kappa shape index (κ1) is 25.1. The number of hydrogen-bond donors (Lipinski definition) is 3. The molecule has 0 fully saturated rings. The van der Waals surface area contributed by atoms with Gasteiger partial charge >= 0.3 is 29.6 Å². The van der Waals surface area contributed by atoms with Crippen LogP contribution in [0.15, 0.2) is 64.4 Å². The molecular weight excluding hydrogens is 483 g/mol. The largest absolute Gasteiger partial charge is 1.00 e. The molecule has 4 N–H and O–H groups in total. The van der Waals surface area contributed by atoms with Crippen molar-refractivity contribution in [1.29, 1.82) is 0 Å². The molecule has 1 aliphatic carbocycles.